The third-order valence-corrected chi connectivity index (χ3v) is 4.98. The number of benzene rings is 1. The number of esters is 1. The van der Waals surface area contributed by atoms with E-state index in [1.807, 2.05) is 18.2 Å². The zero-order chi connectivity index (χ0) is 21.1. The summed E-state index contributed by atoms with van der Waals surface area (Å²) >= 11 is 5.47. The number of amides is 1. The van der Waals surface area contributed by atoms with Crippen molar-refractivity contribution in [3.63, 3.8) is 0 Å². The summed E-state index contributed by atoms with van der Waals surface area (Å²) in [6.45, 7) is 2.21. The molecule has 2 rings (SSSR count). The average Bonchev–Trinajstić information content (AvgIpc) is 2.96. The Balaban J connectivity index is 2.03. The molecule has 1 aromatic carbocycles. The van der Waals surface area contributed by atoms with Crippen molar-refractivity contribution in [3.8, 4) is 0 Å². The molecule has 0 aromatic heterocycles. The van der Waals surface area contributed by atoms with Gasteiger partial charge in [0.15, 0.2) is 0 Å². The molecule has 0 atom stereocenters. The Bertz CT molecular complexity index is 762. The molecule has 1 saturated heterocycles. The largest absolute Gasteiger partial charge is 0.466 e. The van der Waals surface area contributed by atoms with Gasteiger partial charge in [-0.25, -0.2) is 14.7 Å². The lowest BCUT2D eigenvalue weighted by molar-refractivity contribution is -0.135. The van der Waals surface area contributed by atoms with Gasteiger partial charge in [-0.1, -0.05) is 63.6 Å². The van der Waals surface area contributed by atoms with Crippen LogP contribution in [-0.4, -0.2) is 35.3 Å². The number of nitrogens with zero attached hydrogens (tertiary/aromatic N) is 3. The molecule has 0 N–H and O–H groups in total. The number of para-hydroxylation sites is 1. The third kappa shape index (κ3) is 6.49. The fraction of sp³-hybridized carbons (Fsp3) is 0.455. The number of thiocarbonyl (C=S) groups is 1. The maximum atomic E-state index is 12.9. The third-order valence-electron chi connectivity index (χ3n) is 4.63. The molecule has 0 bridgehead atoms. The predicted octanol–water partition coefficient (Wildman–Crippen LogP) is 4.80. The van der Waals surface area contributed by atoms with Crippen LogP contribution in [0.4, 0.5) is 5.69 Å². The normalized spacial score (nSPS) is 15.7. The summed E-state index contributed by atoms with van der Waals surface area (Å²) in [4.78, 5) is 26.0. The van der Waals surface area contributed by atoms with Gasteiger partial charge in [-0.3, -0.25) is 4.79 Å². The van der Waals surface area contributed by atoms with E-state index in [1.54, 1.807) is 18.3 Å². The summed E-state index contributed by atoms with van der Waals surface area (Å²) in [5, 5.41) is 5.93. The lowest BCUT2D eigenvalue weighted by Gasteiger charge is -2.16. The van der Waals surface area contributed by atoms with Crippen molar-refractivity contribution in [2.75, 3.05) is 12.0 Å². The Labute approximate surface area is 178 Å². The minimum Gasteiger partial charge on any atom is -0.466 e. The minimum absolute atomic E-state index is 0.0847. The SMILES string of the molecule is CCCCCCCCC/C=N/N1C(=S)N(c2ccccc2)C(=O)/C1=C\C(=O)OC. The summed E-state index contributed by atoms with van der Waals surface area (Å²) in [7, 11) is 1.26. The highest BCUT2D eigenvalue weighted by Gasteiger charge is 2.39. The predicted molar refractivity (Wildman–Crippen MR) is 120 cm³/mol. The van der Waals surface area contributed by atoms with E-state index in [2.05, 4.69) is 16.8 Å². The molecule has 1 heterocycles. The van der Waals surface area contributed by atoms with Crippen molar-refractivity contribution in [2.45, 2.75) is 58.3 Å². The summed E-state index contributed by atoms with van der Waals surface area (Å²) in [5.74, 6) is -1.03. The van der Waals surface area contributed by atoms with E-state index < -0.39 is 11.9 Å². The van der Waals surface area contributed by atoms with Gasteiger partial charge in [0, 0.05) is 6.21 Å². The molecular formula is C22H29N3O3S. The molecule has 156 valence electrons. The van der Waals surface area contributed by atoms with Crippen molar-refractivity contribution in [3.05, 3.63) is 42.1 Å². The van der Waals surface area contributed by atoms with Crippen LogP contribution in [-0.2, 0) is 14.3 Å². The molecule has 29 heavy (non-hydrogen) atoms. The van der Waals surface area contributed by atoms with Gasteiger partial charge in [-0.15, -0.1) is 0 Å². The number of carbonyl (C=O) groups excluding carboxylic acids is 2. The minimum atomic E-state index is -0.627. The van der Waals surface area contributed by atoms with Gasteiger partial charge in [0.1, 0.15) is 5.70 Å². The number of anilines is 1. The van der Waals surface area contributed by atoms with Gasteiger partial charge < -0.3 is 4.74 Å². The fourth-order valence-corrected chi connectivity index (χ4v) is 3.37. The van der Waals surface area contributed by atoms with E-state index in [4.69, 9.17) is 12.2 Å². The molecule has 0 aliphatic carbocycles. The van der Waals surface area contributed by atoms with Crippen LogP contribution in [0.1, 0.15) is 58.3 Å². The molecule has 0 saturated carbocycles. The Morgan fingerprint density at radius 1 is 1.10 bits per heavy atom. The van der Waals surface area contributed by atoms with Crippen LogP contribution < -0.4 is 4.90 Å². The van der Waals surface area contributed by atoms with Gasteiger partial charge in [-0.05, 0) is 37.2 Å². The fourth-order valence-electron chi connectivity index (χ4n) is 3.03. The van der Waals surface area contributed by atoms with Crippen LogP contribution in [0, 0.1) is 0 Å². The Kier molecular flexibility index (Phi) is 9.50. The highest BCUT2D eigenvalue weighted by Crippen LogP contribution is 2.28. The van der Waals surface area contributed by atoms with Crippen molar-refractivity contribution in [1.82, 2.24) is 5.01 Å². The Hall–Kier alpha value is -2.54. The molecule has 1 fully saturated rings. The second-order valence-electron chi connectivity index (χ2n) is 6.83. The highest BCUT2D eigenvalue weighted by molar-refractivity contribution is 7.80. The first kappa shape index (κ1) is 22.7. The first-order valence-corrected chi connectivity index (χ1v) is 10.6. The van der Waals surface area contributed by atoms with Crippen LogP contribution in [0.5, 0.6) is 0 Å². The quantitative estimate of drug-likeness (QED) is 0.171. The van der Waals surface area contributed by atoms with Crippen molar-refractivity contribution >= 4 is 41.1 Å². The van der Waals surface area contributed by atoms with Crippen LogP contribution in [0.15, 0.2) is 47.2 Å². The highest BCUT2D eigenvalue weighted by atomic mass is 32.1. The van der Waals surface area contributed by atoms with Crippen LogP contribution >= 0.6 is 12.2 Å². The van der Waals surface area contributed by atoms with Crippen molar-refractivity contribution < 1.29 is 14.3 Å². The van der Waals surface area contributed by atoms with Gasteiger partial charge in [0.2, 0.25) is 5.11 Å². The molecule has 0 spiro atoms. The first-order chi connectivity index (χ1) is 14.1. The number of carbonyl (C=O) groups is 2. The number of unbranched alkanes of at least 4 members (excludes halogenated alkanes) is 7. The van der Waals surface area contributed by atoms with E-state index >= 15 is 0 Å². The molecular weight excluding hydrogens is 386 g/mol. The molecule has 7 heteroatoms. The number of hydrazone groups is 1. The number of methoxy groups -OCH3 is 1. The van der Waals surface area contributed by atoms with Gasteiger partial charge in [-0.2, -0.15) is 5.10 Å². The molecule has 1 aliphatic rings. The summed E-state index contributed by atoms with van der Waals surface area (Å²) in [5.41, 5.74) is 0.713. The maximum absolute atomic E-state index is 12.9. The van der Waals surface area contributed by atoms with E-state index in [-0.39, 0.29) is 10.8 Å². The topological polar surface area (TPSA) is 62.2 Å². The maximum Gasteiger partial charge on any atom is 0.332 e. The second-order valence-corrected chi connectivity index (χ2v) is 7.20. The summed E-state index contributed by atoms with van der Waals surface area (Å²) in [6, 6.07) is 9.07. The van der Waals surface area contributed by atoms with E-state index in [1.165, 1.54) is 49.1 Å². The summed E-state index contributed by atoms with van der Waals surface area (Å²) in [6.07, 6.45) is 12.2. The number of hydrogen-bond acceptors (Lipinski definition) is 5. The van der Waals surface area contributed by atoms with Gasteiger partial charge in [0.05, 0.1) is 18.9 Å². The smallest absolute Gasteiger partial charge is 0.332 e. The number of hydrogen-bond donors (Lipinski definition) is 0. The van der Waals surface area contributed by atoms with Crippen LogP contribution in [0.25, 0.3) is 0 Å². The molecule has 1 amide bonds. The monoisotopic (exact) mass is 415 g/mol. The Morgan fingerprint density at radius 3 is 2.41 bits per heavy atom. The van der Waals surface area contributed by atoms with E-state index in [0.717, 1.165) is 25.3 Å². The lowest BCUT2D eigenvalue weighted by Crippen LogP contribution is -2.30. The van der Waals surface area contributed by atoms with Crippen LogP contribution in [0.3, 0.4) is 0 Å². The molecule has 1 aliphatic heterocycles. The zero-order valence-electron chi connectivity index (χ0n) is 17.2. The molecule has 6 nitrogen and oxygen atoms in total. The standard InChI is InChI=1S/C22H29N3O3S/c1-3-4-5-6-7-8-9-13-16-23-25-19(17-20(26)28-2)21(27)24(22(25)29)18-14-11-10-12-15-18/h10-12,14-17H,3-9,13H2,1-2H3/b19-17+,23-16+. The second kappa shape index (κ2) is 12.1. The number of rotatable bonds is 11. The van der Waals surface area contributed by atoms with Crippen molar-refractivity contribution in [1.29, 1.82) is 0 Å². The zero-order valence-corrected chi connectivity index (χ0v) is 18.0. The van der Waals surface area contributed by atoms with E-state index in [0.29, 0.717) is 5.69 Å². The summed E-state index contributed by atoms with van der Waals surface area (Å²) < 4.78 is 4.67. The lowest BCUT2D eigenvalue weighted by atomic mass is 10.1. The van der Waals surface area contributed by atoms with Gasteiger partial charge >= 0.3 is 5.97 Å². The van der Waals surface area contributed by atoms with Crippen molar-refractivity contribution in [2.24, 2.45) is 5.10 Å². The Morgan fingerprint density at radius 2 is 1.76 bits per heavy atom. The van der Waals surface area contributed by atoms with E-state index in [9.17, 15) is 9.59 Å². The first-order valence-electron chi connectivity index (χ1n) is 10.2. The molecule has 0 unspecified atom stereocenters. The molecule has 1 aromatic rings. The average molecular weight is 416 g/mol. The van der Waals surface area contributed by atoms with Gasteiger partial charge in [0.25, 0.3) is 5.91 Å². The molecule has 0 radical (unpaired) electrons. The van der Waals surface area contributed by atoms with Crippen LogP contribution in [0.2, 0.25) is 0 Å². The number of ether oxygens (including phenoxy) is 1.